The smallest absolute Gasteiger partial charge is 0.478 e. The summed E-state index contributed by atoms with van der Waals surface area (Å²) in [5, 5.41) is 1.06. The van der Waals surface area contributed by atoms with Gasteiger partial charge in [-0.05, 0) is 45.1 Å². The number of rotatable bonds is 14. The van der Waals surface area contributed by atoms with Gasteiger partial charge in [0.1, 0.15) is 24.0 Å². The highest BCUT2D eigenvalue weighted by Gasteiger charge is 2.32. The Morgan fingerprint density at radius 3 is 2.23 bits per heavy atom. The molecule has 40 heavy (non-hydrogen) atoms. The van der Waals surface area contributed by atoms with Crippen molar-refractivity contribution in [3.05, 3.63) is 30.0 Å². The Bertz CT molecular complexity index is 1130. The molecule has 0 aliphatic rings. The Kier molecular flexibility index (Phi) is 14.2. The maximum Gasteiger partial charge on any atom is 0.478 e. The first kappa shape index (κ1) is 36.0. The molecule has 0 saturated heterocycles. The zero-order valence-corrected chi connectivity index (χ0v) is 27.0. The van der Waals surface area contributed by atoms with Crippen molar-refractivity contribution in [1.82, 2.24) is 9.47 Å². The topological polar surface area (TPSA) is 106 Å². The molecule has 0 fully saturated rings. The fraction of sp³-hybridized carbons (Fsp3) is 0.655. The minimum absolute atomic E-state index is 0.00660. The third kappa shape index (κ3) is 12.2. The molecule has 11 heteroatoms. The average Bonchev–Trinajstić information content (AvgIpc) is 3.23. The zero-order valence-electron chi connectivity index (χ0n) is 26.1. The molecule has 228 valence electrons. The van der Waals surface area contributed by atoms with Gasteiger partial charge in [0, 0.05) is 48.6 Å². The number of phosphoric ester groups is 1. The van der Waals surface area contributed by atoms with Gasteiger partial charge in [0.25, 0.3) is 0 Å². The lowest BCUT2D eigenvalue weighted by Crippen LogP contribution is -2.21. The summed E-state index contributed by atoms with van der Waals surface area (Å²) in [6, 6.07) is 5.84. The van der Waals surface area contributed by atoms with E-state index in [-0.39, 0.29) is 31.0 Å². The average molecular weight is 585 g/mol. The zero-order chi connectivity index (χ0) is 30.7. The van der Waals surface area contributed by atoms with Gasteiger partial charge in [-0.2, -0.15) is 0 Å². The van der Waals surface area contributed by atoms with E-state index in [4.69, 9.17) is 23.0 Å². The Morgan fingerprint density at radius 1 is 1.10 bits per heavy atom. The van der Waals surface area contributed by atoms with E-state index >= 15 is 0 Å². The first-order valence-electron chi connectivity index (χ1n) is 13.3. The maximum atomic E-state index is 13.4. The number of carbonyl (C=O) groups is 2. The number of hydrogen-bond acceptors (Lipinski definition) is 9. The van der Waals surface area contributed by atoms with E-state index in [9.17, 15) is 14.2 Å². The number of aromatic nitrogens is 1. The van der Waals surface area contributed by atoms with Crippen molar-refractivity contribution in [2.45, 2.75) is 67.5 Å². The fourth-order valence-corrected chi connectivity index (χ4v) is 4.57. The van der Waals surface area contributed by atoms with Crippen LogP contribution in [0.15, 0.2) is 24.4 Å². The third-order valence-corrected chi connectivity index (χ3v) is 7.21. The van der Waals surface area contributed by atoms with Crippen LogP contribution in [0.5, 0.6) is 5.75 Å². The van der Waals surface area contributed by atoms with Gasteiger partial charge in [0.15, 0.2) is 6.79 Å². The second kappa shape index (κ2) is 15.8. The Hall–Kier alpha value is -2.07. The quantitative estimate of drug-likeness (QED) is 0.144. The third-order valence-electron chi connectivity index (χ3n) is 5.72. The van der Waals surface area contributed by atoms with E-state index in [1.54, 1.807) is 14.0 Å². The molecule has 0 saturated carbocycles. The molecule has 10 nitrogen and oxygen atoms in total. The number of phosphoric acid groups is 1. The second-order valence-corrected chi connectivity index (χ2v) is 13.5. The number of aldehydes is 1. The summed E-state index contributed by atoms with van der Waals surface area (Å²) in [5.41, 5.74) is 1.36. The van der Waals surface area contributed by atoms with Gasteiger partial charge < -0.3 is 23.7 Å². The number of fused-ring (bicyclic) bond motifs is 1. The Balaban J connectivity index is 0.00000120. The molecule has 2 atom stereocenters. The van der Waals surface area contributed by atoms with Crippen LogP contribution in [0.25, 0.3) is 10.9 Å². The molecule has 0 aliphatic carbocycles. The van der Waals surface area contributed by atoms with Crippen molar-refractivity contribution in [3.63, 3.8) is 0 Å². The van der Waals surface area contributed by atoms with Gasteiger partial charge >= 0.3 is 7.82 Å². The lowest BCUT2D eigenvalue weighted by atomic mass is 9.89. The van der Waals surface area contributed by atoms with Crippen molar-refractivity contribution in [2.24, 2.45) is 10.8 Å². The number of hydrogen-bond donors (Lipinski definition) is 0. The summed E-state index contributed by atoms with van der Waals surface area (Å²) >= 11 is 0. The van der Waals surface area contributed by atoms with Crippen LogP contribution >= 0.6 is 7.82 Å². The van der Waals surface area contributed by atoms with Crippen LogP contribution in [-0.2, 0) is 38.9 Å². The molecule has 2 rings (SSSR count). The van der Waals surface area contributed by atoms with Gasteiger partial charge in [-0.25, -0.2) is 4.57 Å². The van der Waals surface area contributed by atoms with Crippen molar-refractivity contribution in [2.75, 3.05) is 48.3 Å². The molecular formula is C29H49N2O8P. The van der Waals surface area contributed by atoms with Crippen molar-refractivity contribution in [3.8, 4) is 5.75 Å². The monoisotopic (exact) mass is 584 g/mol. The summed E-state index contributed by atoms with van der Waals surface area (Å²) in [6.45, 7) is 13.4. The molecule has 0 radical (unpaired) electrons. The van der Waals surface area contributed by atoms with Crippen LogP contribution in [0.3, 0.4) is 0 Å². The van der Waals surface area contributed by atoms with Crippen molar-refractivity contribution >= 4 is 30.8 Å². The minimum atomic E-state index is -4.02. The molecule has 0 spiro atoms. The Morgan fingerprint density at radius 2 is 1.73 bits per heavy atom. The molecule has 1 aromatic heterocycles. The van der Waals surface area contributed by atoms with Gasteiger partial charge in [-0.1, -0.05) is 41.5 Å². The predicted molar refractivity (Wildman–Crippen MR) is 158 cm³/mol. The number of likely N-dealkylation sites (N-methyl/N-ethyl adjacent to an activating group) is 1. The van der Waals surface area contributed by atoms with Crippen LogP contribution < -0.4 is 4.74 Å². The lowest BCUT2D eigenvalue weighted by Gasteiger charge is -2.23. The number of nitrogens with zero attached hydrogens (tertiary/aromatic N) is 2. The predicted octanol–water partition coefficient (Wildman–Crippen LogP) is 6.27. The highest BCUT2D eigenvalue weighted by Crippen LogP contribution is 2.53. The largest absolute Gasteiger partial charge is 0.497 e. The first-order chi connectivity index (χ1) is 18.5. The van der Waals surface area contributed by atoms with Gasteiger partial charge in [-0.3, -0.25) is 18.4 Å². The first-order valence-corrected chi connectivity index (χ1v) is 14.8. The highest BCUT2D eigenvalue weighted by atomic mass is 31.2. The number of Topliss-reactive ketones (excluding diaryl/α,β-unsaturated/α-hetero) is 1. The van der Waals surface area contributed by atoms with Gasteiger partial charge in [0.05, 0.1) is 19.2 Å². The molecule has 0 bridgehead atoms. The lowest BCUT2D eigenvalue weighted by molar-refractivity contribution is -0.127. The normalized spacial score (nSPS) is 14.4. The van der Waals surface area contributed by atoms with E-state index in [1.807, 2.05) is 84.6 Å². The molecule has 1 aromatic carbocycles. The van der Waals surface area contributed by atoms with E-state index in [2.05, 4.69) is 4.90 Å². The van der Waals surface area contributed by atoms with E-state index in [0.717, 1.165) is 35.7 Å². The SMILES string of the molecule is CC(C)(C)C=O.COCOP(=O)(OCCC(=O)C(C)(C)C)OC(C)n1cc(CCN(C)C)c2ccc(OC)cc21. The van der Waals surface area contributed by atoms with E-state index in [1.165, 1.54) is 7.11 Å². The summed E-state index contributed by atoms with van der Waals surface area (Å²) in [5.74, 6) is 0.696. The number of carbonyl (C=O) groups excluding carboxylic acids is 2. The van der Waals surface area contributed by atoms with Gasteiger partial charge in [0.2, 0.25) is 0 Å². The van der Waals surface area contributed by atoms with Crippen LogP contribution in [0.4, 0.5) is 0 Å². The number of benzene rings is 1. The van der Waals surface area contributed by atoms with Crippen molar-refractivity contribution in [1.29, 1.82) is 0 Å². The number of ether oxygens (including phenoxy) is 2. The minimum Gasteiger partial charge on any atom is -0.497 e. The van der Waals surface area contributed by atoms with Crippen LogP contribution in [0.2, 0.25) is 0 Å². The molecule has 0 aliphatic heterocycles. The van der Waals surface area contributed by atoms with Crippen LogP contribution in [-0.4, -0.2) is 69.8 Å². The standard InChI is InChI=1S/C24H39N2O7P.C5H10O/c1-18(33-34(28,32-17-29-7)31-14-12-23(27)24(2,3)4)26-16-19(11-13-25(5)6)21-10-9-20(30-8)15-22(21)26;1-5(2,3)4-6/h9-10,15-16,18H,11-14,17H2,1-8H3;4H,1-3H3. The van der Waals surface area contributed by atoms with Crippen LogP contribution in [0.1, 0.15) is 66.7 Å². The van der Waals surface area contributed by atoms with E-state index < -0.39 is 19.5 Å². The summed E-state index contributed by atoms with van der Waals surface area (Å²) < 4.78 is 42.2. The molecule has 2 aromatic rings. The molecule has 0 N–H and O–H groups in total. The number of ketones is 1. The summed E-state index contributed by atoms with van der Waals surface area (Å²) in [7, 11) is 3.06. The molecule has 0 amide bonds. The maximum absolute atomic E-state index is 13.4. The summed E-state index contributed by atoms with van der Waals surface area (Å²) in [4.78, 5) is 24.2. The number of methoxy groups -OCH3 is 2. The molecular weight excluding hydrogens is 535 g/mol. The molecule has 1 heterocycles. The highest BCUT2D eigenvalue weighted by molar-refractivity contribution is 7.48. The Labute approximate surface area is 239 Å². The second-order valence-electron chi connectivity index (χ2n) is 11.9. The van der Waals surface area contributed by atoms with E-state index in [0.29, 0.717) is 5.75 Å². The molecule has 2 unspecified atom stereocenters. The fourth-order valence-electron chi connectivity index (χ4n) is 3.35. The van der Waals surface area contributed by atoms with Crippen LogP contribution in [0, 0.1) is 10.8 Å². The van der Waals surface area contributed by atoms with Crippen molar-refractivity contribution < 1.29 is 37.2 Å². The summed E-state index contributed by atoms with van der Waals surface area (Å²) in [6.07, 6.45) is 3.16. The van der Waals surface area contributed by atoms with Gasteiger partial charge in [-0.15, -0.1) is 0 Å².